The van der Waals surface area contributed by atoms with Gasteiger partial charge in [-0.15, -0.1) is 0 Å². The minimum Gasteiger partial charge on any atom is -0.481 e. The number of esters is 1. The van der Waals surface area contributed by atoms with Crippen molar-refractivity contribution in [3.63, 3.8) is 0 Å². The van der Waals surface area contributed by atoms with Gasteiger partial charge >= 0.3 is 11.9 Å². The van der Waals surface area contributed by atoms with Crippen molar-refractivity contribution in [3.8, 4) is 0 Å². The van der Waals surface area contributed by atoms with Crippen LogP contribution in [0.4, 0.5) is 0 Å². The number of carboxylic acid groups (broad SMARTS) is 1. The Hall–Kier alpha value is -1.06. The fraction of sp³-hybridized carbons (Fsp3) is 0.905. The molecule has 4 bridgehead atoms. The third-order valence-electron chi connectivity index (χ3n) is 9.95. The highest BCUT2D eigenvalue weighted by Gasteiger charge is 2.83. The molecule has 0 aromatic rings. The van der Waals surface area contributed by atoms with Crippen molar-refractivity contribution in [3.05, 3.63) is 0 Å². The third-order valence-corrected chi connectivity index (χ3v) is 9.95. The summed E-state index contributed by atoms with van der Waals surface area (Å²) in [5.74, 6) is 1.25. The quantitative estimate of drug-likeness (QED) is 0.771. The van der Waals surface area contributed by atoms with Gasteiger partial charge in [-0.3, -0.25) is 9.59 Å². The summed E-state index contributed by atoms with van der Waals surface area (Å²) in [7, 11) is 1.52. The van der Waals surface area contributed by atoms with Gasteiger partial charge in [0.05, 0.1) is 17.9 Å². The van der Waals surface area contributed by atoms with E-state index in [-0.39, 0.29) is 27.6 Å². The van der Waals surface area contributed by atoms with Crippen LogP contribution in [-0.2, 0) is 14.3 Å². The normalized spacial score (nSPS) is 58.0. The van der Waals surface area contributed by atoms with Gasteiger partial charge in [-0.05, 0) is 86.4 Å². The largest absolute Gasteiger partial charge is 0.481 e. The van der Waals surface area contributed by atoms with Crippen molar-refractivity contribution in [1.29, 1.82) is 0 Å². The number of ether oxygens (including phenoxy) is 1. The van der Waals surface area contributed by atoms with Gasteiger partial charge in [-0.25, -0.2) is 0 Å². The molecule has 8 atom stereocenters. The van der Waals surface area contributed by atoms with Crippen molar-refractivity contribution in [2.45, 2.75) is 65.2 Å². The lowest BCUT2D eigenvalue weighted by molar-refractivity contribution is -0.190. The maximum atomic E-state index is 12.6. The topological polar surface area (TPSA) is 63.6 Å². The summed E-state index contributed by atoms with van der Waals surface area (Å²) in [5, 5.41) is 9.85. The van der Waals surface area contributed by atoms with Crippen molar-refractivity contribution in [2.75, 3.05) is 7.11 Å². The van der Waals surface area contributed by atoms with E-state index in [1.807, 2.05) is 0 Å². The highest BCUT2D eigenvalue weighted by atomic mass is 16.5. The molecule has 6 saturated carbocycles. The molecule has 138 valence electrons. The molecule has 6 rings (SSSR count). The molecule has 4 heteroatoms. The molecule has 0 aromatic heterocycles. The number of fused-ring (bicyclic) bond motifs is 1. The first-order chi connectivity index (χ1) is 11.7. The molecule has 0 saturated heterocycles. The zero-order valence-electron chi connectivity index (χ0n) is 15.6. The van der Waals surface area contributed by atoms with E-state index in [4.69, 9.17) is 4.74 Å². The van der Waals surface area contributed by atoms with Crippen LogP contribution in [0.2, 0.25) is 0 Å². The molecule has 0 heterocycles. The third kappa shape index (κ3) is 1.57. The Labute approximate surface area is 149 Å². The Morgan fingerprint density at radius 2 is 1.84 bits per heavy atom. The molecule has 1 spiro atoms. The van der Waals surface area contributed by atoms with Crippen LogP contribution in [0.15, 0.2) is 0 Å². The molecule has 4 nitrogen and oxygen atoms in total. The Bertz CT molecular complexity index is 673. The zero-order valence-corrected chi connectivity index (χ0v) is 15.6. The second-order valence-electron chi connectivity index (χ2n) is 10.4. The van der Waals surface area contributed by atoms with Gasteiger partial charge in [0.25, 0.3) is 0 Å². The van der Waals surface area contributed by atoms with Crippen molar-refractivity contribution < 1.29 is 19.4 Å². The molecule has 25 heavy (non-hydrogen) atoms. The van der Waals surface area contributed by atoms with Crippen LogP contribution < -0.4 is 0 Å². The number of carboxylic acids is 1. The predicted molar refractivity (Wildman–Crippen MR) is 91.6 cm³/mol. The number of hydrogen-bond donors (Lipinski definition) is 1. The Kier molecular flexibility index (Phi) is 2.86. The molecule has 1 N–H and O–H groups in total. The second-order valence-corrected chi connectivity index (χ2v) is 10.4. The van der Waals surface area contributed by atoms with Crippen LogP contribution in [0.1, 0.15) is 65.2 Å². The summed E-state index contributed by atoms with van der Waals surface area (Å²) in [4.78, 5) is 24.6. The second kappa shape index (κ2) is 4.43. The van der Waals surface area contributed by atoms with Crippen LogP contribution in [0.3, 0.4) is 0 Å². The minimum absolute atomic E-state index is 0.0343. The van der Waals surface area contributed by atoms with Crippen molar-refractivity contribution in [2.24, 2.45) is 45.3 Å². The first-order valence-corrected chi connectivity index (χ1v) is 10.1. The van der Waals surface area contributed by atoms with Gasteiger partial charge in [0.2, 0.25) is 0 Å². The minimum atomic E-state index is -0.534. The Balaban J connectivity index is 1.52. The first kappa shape index (κ1) is 16.1. The molecule has 6 fully saturated rings. The van der Waals surface area contributed by atoms with Crippen LogP contribution in [0.25, 0.3) is 0 Å². The smallest absolute Gasteiger partial charge is 0.311 e. The van der Waals surface area contributed by atoms with Crippen LogP contribution in [0.5, 0.6) is 0 Å². The zero-order chi connectivity index (χ0) is 17.8. The van der Waals surface area contributed by atoms with Crippen LogP contribution in [0, 0.1) is 45.3 Å². The molecule has 6 aliphatic carbocycles. The molecular weight excluding hydrogens is 316 g/mol. The number of rotatable bonds is 2. The molecule has 0 aromatic carbocycles. The fourth-order valence-electron chi connectivity index (χ4n) is 9.04. The number of methoxy groups -OCH3 is 1. The standard InChI is InChI=1S/C21H30O4/c1-18-6-4-7-19(2,17(24)25-3)14(18)5-8-20-10-13-12(9-15(18)20)21(13,11-20)16(22)23/h12-15H,4-11H2,1-3H3,(H,22,23). The highest BCUT2D eigenvalue weighted by Crippen LogP contribution is 2.85. The van der Waals surface area contributed by atoms with Crippen LogP contribution >= 0.6 is 0 Å². The van der Waals surface area contributed by atoms with Gasteiger partial charge in [-0.2, -0.15) is 0 Å². The number of hydrogen-bond acceptors (Lipinski definition) is 3. The van der Waals surface area contributed by atoms with E-state index in [1.54, 1.807) is 0 Å². The monoisotopic (exact) mass is 346 g/mol. The molecule has 0 amide bonds. The number of carbonyl (C=O) groups excluding carboxylic acids is 1. The lowest BCUT2D eigenvalue weighted by Gasteiger charge is -2.64. The molecular formula is C21H30O4. The van der Waals surface area contributed by atoms with E-state index < -0.39 is 5.97 Å². The lowest BCUT2D eigenvalue weighted by atomic mass is 9.39. The Morgan fingerprint density at radius 3 is 2.48 bits per heavy atom. The summed E-state index contributed by atoms with van der Waals surface area (Å²) in [6.07, 6.45) is 8.51. The van der Waals surface area contributed by atoms with E-state index >= 15 is 0 Å². The lowest BCUT2D eigenvalue weighted by Crippen LogP contribution is -2.59. The summed E-state index contributed by atoms with van der Waals surface area (Å²) in [5.41, 5.74) is -0.341. The van der Waals surface area contributed by atoms with Gasteiger partial charge in [0, 0.05) is 0 Å². The van der Waals surface area contributed by atoms with E-state index in [0.29, 0.717) is 23.7 Å². The summed E-state index contributed by atoms with van der Waals surface area (Å²) in [6.45, 7) is 4.55. The predicted octanol–water partition coefficient (Wildman–Crippen LogP) is 3.88. The summed E-state index contributed by atoms with van der Waals surface area (Å²) in [6, 6.07) is 0. The van der Waals surface area contributed by atoms with Gasteiger partial charge in [0.1, 0.15) is 0 Å². The van der Waals surface area contributed by atoms with E-state index in [1.165, 1.54) is 13.5 Å². The number of carbonyl (C=O) groups is 2. The highest BCUT2D eigenvalue weighted by molar-refractivity contribution is 5.81. The SMILES string of the molecule is COC(=O)C1(C)CCCC2(C)C3CC4C5CC3(CCC12)CC45C(=O)O. The van der Waals surface area contributed by atoms with Crippen molar-refractivity contribution >= 4 is 11.9 Å². The Morgan fingerprint density at radius 1 is 1.08 bits per heavy atom. The number of aliphatic carboxylic acids is 1. The van der Waals surface area contributed by atoms with E-state index in [2.05, 4.69) is 13.8 Å². The van der Waals surface area contributed by atoms with E-state index in [0.717, 1.165) is 44.9 Å². The average Bonchev–Trinajstić information content (AvgIpc) is 3.09. The van der Waals surface area contributed by atoms with Gasteiger partial charge in [-0.1, -0.05) is 13.3 Å². The maximum Gasteiger partial charge on any atom is 0.311 e. The molecule has 8 unspecified atom stereocenters. The first-order valence-electron chi connectivity index (χ1n) is 10.1. The summed E-state index contributed by atoms with van der Waals surface area (Å²) >= 11 is 0. The molecule has 0 radical (unpaired) electrons. The average molecular weight is 346 g/mol. The maximum absolute atomic E-state index is 12.6. The summed E-state index contributed by atoms with van der Waals surface area (Å²) < 4.78 is 5.22. The molecule has 6 aliphatic rings. The van der Waals surface area contributed by atoms with Gasteiger partial charge in [0.15, 0.2) is 0 Å². The van der Waals surface area contributed by atoms with E-state index in [9.17, 15) is 14.7 Å². The molecule has 0 aliphatic heterocycles. The fourth-order valence-corrected chi connectivity index (χ4v) is 9.04. The van der Waals surface area contributed by atoms with Crippen LogP contribution in [-0.4, -0.2) is 24.2 Å². The van der Waals surface area contributed by atoms with Gasteiger partial charge < -0.3 is 9.84 Å². The van der Waals surface area contributed by atoms with Crippen molar-refractivity contribution in [1.82, 2.24) is 0 Å².